The zero-order valence-corrected chi connectivity index (χ0v) is 18.4. The van der Waals surface area contributed by atoms with Gasteiger partial charge in [0.05, 0.1) is 13.0 Å². The van der Waals surface area contributed by atoms with Crippen molar-refractivity contribution in [3.05, 3.63) is 104 Å². The van der Waals surface area contributed by atoms with Gasteiger partial charge < -0.3 is 10.6 Å². The Morgan fingerprint density at radius 2 is 1.61 bits per heavy atom. The van der Waals surface area contributed by atoms with E-state index in [1.165, 1.54) is 49.0 Å². The highest BCUT2D eigenvalue weighted by Crippen LogP contribution is 2.07. The van der Waals surface area contributed by atoms with E-state index >= 15 is 0 Å². The number of nitrogens with zero attached hydrogens (tertiary/aromatic N) is 2. The number of nitrogens with one attached hydrogen (secondary N) is 2. The summed E-state index contributed by atoms with van der Waals surface area (Å²) in [6.07, 6.45) is 0.236. The van der Waals surface area contributed by atoms with Crippen LogP contribution in [0.4, 0.5) is 4.39 Å². The van der Waals surface area contributed by atoms with Gasteiger partial charge in [-0.25, -0.2) is 9.18 Å². The van der Waals surface area contributed by atoms with Gasteiger partial charge in [-0.05, 0) is 23.3 Å². The Morgan fingerprint density at radius 1 is 0.939 bits per heavy atom. The van der Waals surface area contributed by atoms with Crippen molar-refractivity contribution in [2.24, 2.45) is 14.1 Å². The molecule has 0 fully saturated rings. The molecule has 0 aliphatic carbocycles. The highest BCUT2D eigenvalue weighted by atomic mass is 19.1. The molecule has 1 aromatic heterocycles. The minimum atomic E-state index is -0.885. The molecule has 0 aliphatic heterocycles. The fourth-order valence-electron chi connectivity index (χ4n) is 3.34. The van der Waals surface area contributed by atoms with E-state index in [4.69, 9.17) is 0 Å². The summed E-state index contributed by atoms with van der Waals surface area (Å²) in [5.41, 5.74) is 0.826. The summed E-state index contributed by atoms with van der Waals surface area (Å²) >= 11 is 0. The molecule has 0 saturated heterocycles. The van der Waals surface area contributed by atoms with Crippen LogP contribution in [0.3, 0.4) is 0 Å². The number of hydrogen-bond donors (Lipinski definition) is 2. The van der Waals surface area contributed by atoms with Crippen LogP contribution >= 0.6 is 0 Å². The van der Waals surface area contributed by atoms with E-state index in [0.29, 0.717) is 11.3 Å². The van der Waals surface area contributed by atoms with E-state index in [1.54, 1.807) is 0 Å². The molecule has 3 aromatic rings. The monoisotopic (exact) mass is 452 g/mol. The fraction of sp³-hybridized carbons (Fsp3) is 0.250. The molecule has 172 valence electrons. The first-order chi connectivity index (χ1) is 15.7. The van der Waals surface area contributed by atoms with Gasteiger partial charge in [0, 0.05) is 32.3 Å². The molecule has 9 heteroatoms. The van der Waals surface area contributed by atoms with Crippen LogP contribution in [-0.4, -0.2) is 27.0 Å². The van der Waals surface area contributed by atoms with Gasteiger partial charge in [0.25, 0.3) is 5.56 Å². The predicted molar refractivity (Wildman–Crippen MR) is 121 cm³/mol. The maximum Gasteiger partial charge on any atom is 0.330 e. The highest BCUT2D eigenvalue weighted by molar-refractivity contribution is 5.88. The first-order valence-electron chi connectivity index (χ1n) is 10.4. The Morgan fingerprint density at radius 3 is 2.27 bits per heavy atom. The van der Waals surface area contributed by atoms with Crippen molar-refractivity contribution in [2.75, 3.05) is 0 Å². The minimum Gasteiger partial charge on any atom is -0.349 e. The second-order valence-corrected chi connectivity index (χ2v) is 7.71. The van der Waals surface area contributed by atoms with E-state index in [-0.39, 0.29) is 19.4 Å². The molecule has 0 aliphatic rings. The van der Waals surface area contributed by atoms with Gasteiger partial charge >= 0.3 is 5.69 Å². The standard InChI is InChI=1S/C24H25FN4O4/c1-28-19(14-22(31)29(2)24(28)33)15-26-23(32)20(12-16-6-4-3-5-7-16)27-21(30)13-17-8-10-18(25)11-9-17/h3-11,14,20H,12-13,15H2,1-2H3,(H,26,32)(H,27,30)/t20-/m1/s1. The largest absolute Gasteiger partial charge is 0.349 e. The van der Waals surface area contributed by atoms with Crippen molar-refractivity contribution >= 4 is 11.8 Å². The topological polar surface area (TPSA) is 102 Å². The van der Waals surface area contributed by atoms with E-state index < -0.39 is 34.9 Å². The molecule has 2 amide bonds. The van der Waals surface area contributed by atoms with Gasteiger partial charge in [0.2, 0.25) is 11.8 Å². The number of aromatic nitrogens is 2. The van der Waals surface area contributed by atoms with Crippen LogP contribution in [0.5, 0.6) is 0 Å². The Balaban J connectivity index is 1.73. The molecule has 0 radical (unpaired) electrons. The number of benzene rings is 2. The molecule has 1 atom stereocenters. The molecule has 33 heavy (non-hydrogen) atoms. The van der Waals surface area contributed by atoms with Crippen molar-refractivity contribution in [3.63, 3.8) is 0 Å². The summed E-state index contributed by atoms with van der Waals surface area (Å²) in [5, 5.41) is 5.43. The molecule has 3 rings (SSSR count). The average Bonchev–Trinajstić information content (AvgIpc) is 2.80. The fourth-order valence-corrected chi connectivity index (χ4v) is 3.34. The smallest absolute Gasteiger partial charge is 0.330 e. The number of rotatable bonds is 8. The summed E-state index contributed by atoms with van der Waals surface area (Å²) in [5.74, 6) is -1.25. The lowest BCUT2D eigenvalue weighted by atomic mass is 10.0. The van der Waals surface area contributed by atoms with E-state index in [0.717, 1.165) is 10.1 Å². The lowest BCUT2D eigenvalue weighted by Crippen LogP contribution is -2.49. The lowest BCUT2D eigenvalue weighted by Gasteiger charge is -2.19. The maximum atomic E-state index is 13.1. The van der Waals surface area contributed by atoms with Gasteiger partial charge in [0.1, 0.15) is 11.9 Å². The number of amides is 2. The summed E-state index contributed by atoms with van der Waals surface area (Å²) in [6.45, 7) is -0.0558. The van der Waals surface area contributed by atoms with Crippen LogP contribution < -0.4 is 21.9 Å². The van der Waals surface area contributed by atoms with E-state index in [9.17, 15) is 23.6 Å². The highest BCUT2D eigenvalue weighted by Gasteiger charge is 2.22. The van der Waals surface area contributed by atoms with Crippen molar-refractivity contribution < 1.29 is 14.0 Å². The number of carbonyl (C=O) groups is 2. The summed E-state index contributed by atoms with van der Waals surface area (Å²) < 4.78 is 15.4. The van der Waals surface area contributed by atoms with Crippen LogP contribution in [0.2, 0.25) is 0 Å². The van der Waals surface area contributed by atoms with Crippen molar-refractivity contribution in [2.45, 2.75) is 25.4 Å². The maximum absolute atomic E-state index is 13.1. The van der Waals surface area contributed by atoms with Crippen LogP contribution in [0.1, 0.15) is 16.8 Å². The molecule has 0 unspecified atom stereocenters. The average molecular weight is 452 g/mol. The SMILES string of the molecule is Cn1c(CNC(=O)[C@@H](Cc2ccccc2)NC(=O)Cc2ccc(F)cc2)cc(=O)n(C)c1=O. The molecular weight excluding hydrogens is 427 g/mol. The van der Waals surface area contributed by atoms with Crippen LogP contribution in [-0.2, 0) is 43.1 Å². The third-order valence-electron chi connectivity index (χ3n) is 5.28. The zero-order valence-electron chi connectivity index (χ0n) is 18.4. The van der Waals surface area contributed by atoms with Gasteiger partial charge in [-0.1, -0.05) is 42.5 Å². The van der Waals surface area contributed by atoms with Gasteiger partial charge in [-0.15, -0.1) is 0 Å². The summed E-state index contributed by atoms with van der Waals surface area (Å²) in [4.78, 5) is 49.6. The Labute approximate surface area is 189 Å². The molecule has 2 N–H and O–H groups in total. The van der Waals surface area contributed by atoms with Crippen molar-refractivity contribution in [1.82, 2.24) is 19.8 Å². The molecule has 2 aromatic carbocycles. The molecule has 1 heterocycles. The van der Waals surface area contributed by atoms with E-state index in [1.807, 2.05) is 30.3 Å². The number of carbonyl (C=O) groups excluding carboxylic acids is 2. The van der Waals surface area contributed by atoms with Crippen molar-refractivity contribution in [1.29, 1.82) is 0 Å². The summed E-state index contributed by atoms with van der Waals surface area (Å²) in [7, 11) is 2.88. The quantitative estimate of drug-likeness (QED) is 0.528. The first-order valence-corrected chi connectivity index (χ1v) is 10.4. The Kier molecular flexibility index (Phi) is 7.55. The van der Waals surface area contributed by atoms with Crippen LogP contribution in [0.15, 0.2) is 70.3 Å². The second-order valence-electron chi connectivity index (χ2n) is 7.71. The molecular formula is C24H25FN4O4. The zero-order chi connectivity index (χ0) is 24.0. The van der Waals surface area contributed by atoms with Crippen LogP contribution in [0, 0.1) is 5.82 Å². The number of hydrogen-bond acceptors (Lipinski definition) is 4. The van der Waals surface area contributed by atoms with Crippen LogP contribution in [0.25, 0.3) is 0 Å². The lowest BCUT2D eigenvalue weighted by molar-refractivity contribution is -0.128. The molecule has 8 nitrogen and oxygen atoms in total. The van der Waals surface area contributed by atoms with Gasteiger partial charge in [-0.2, -0.15) is 0 Å². The van der Waals surface area contributed by atoms with Gasteiger partial charge in [-0.3, -0.25) is 23.5 Å². The third kappa shape index (κ3) is 6.25. The number of halogens is 1. The minimum absolute atomic E-state index is 0.0118. The Bertz CT molecular complexity index is 1250. The first kappa shape index (κ1) is 23.6. The molecule has 0 bridgehead atoms. The molecule has 0 saturated carbocycles. The summed E-state index contributed by atoms with van der Waals surface area (Å²) in [6, 6.07) is 15.2. The predicted octanol–water partition coefficient (Wildman–Crippen LogP) is 0.809. The normalized spacial score (nSPS) is 11.6. The van der Waals surface area contributed by atoms with Crippen molar-refractivity contribution in [3.8, 4) is 0 Å². The van der Waals surface area contributed by atoms with Gasteiger partial charge in [0.15, 0.2) is 0 Å². The second kappa shape index (κ2) is 10.5. The third-order valence-corrected chi connectivity index (χ3v) is 5.28. The Hall–Kier alpha value is -4.01. The van der Waals surface area contributed by atoms with E-state index in [2.05, 4.69) is 10.6 Å². The molecule has 0 spiro atoms.